The van der Waals surface area contributed by atoms with Crippen LogP contribution in [0, 0.1) is 5.92 Å². The van der Waals surface area contributed by atoms with E-state index in [2.05, 4.69) is 55.0 Å². The third kappa shape index (κ3) is 4.78. The van der Waals surface area contributed by atoms with Gasteiger partial charge in [0.05, 0.1) is 6.54 Å². The van der Waals surface area contributed by atoms with Crippen LogP contribution >= 0.6 is 0 Å². The van der Waals surface area contributed by atoms with Gasteiger partial charge in [0, 0.05) is 18.1 Å². The Morgan fingerprint density at radius 3 is 2.55 bits per heavy atom. The molecular weight excluding hydrogens is 252 g/mol. The molecule has 0 spiro atoms. The van der Waals surface area contributed by atoms with Gasteiger partial charge in [-0.25, -0.2) is 0 Å². The largest absolute Gasteiger partial charge is 0.407 e. The van der Waals surface area contributed by atoms with Gasteiger partial charge in [0.25, 0.3) is 0 Å². The quantitative estimate of drug-likeness (QED) is 0.832. The molecule has 0 unspecified atom stereocenters. The topological polar surface area (TPSA) is 54.2 Å². The highest BCUT2D eigenvalue weighted by atomic mass is 16.4. The van der Waals surface area contributed by atoms with Gasteiger partial charge in [-0.1, -0.05) is 18.9 Å². The number of hydrogen-bond acceptors (Lipinski definition) is 5. The number of anilines is 1. The lowest BCUT2D eigenvalue weighted by Gasteiger charge is -2.21. The molecule has 0 saturated heterocycles. The lowest BCUT2D eigenvalue weighted by atomic mass is 10.1. The van der Waals surface area contributed by atoms with Crippen molar-refractivity contribution in [3.63, 3.8) is 0 Å². The molecule has 1 aliphatic carbocycles. The highest BCUT2D eigenvalue weighted by Gasteiger charge is 2.32. The van der Waals surface area contributed by atoms with Crippen LogP contribution < -0.4 is 10.2 Å². The van der Waals surface area contributed by atoms with E-state index in [1.807, 2.05) is 0 Å². The zero-order valence-electron chi connectivity index (χ0n) is 13.4. The monoisotopic (exact) mass is 280 g/mol. The Hall–Kier alpha value is -1.10. The van der Waals surface area contributed by atoms with Gasteiger partial charge in [0.1, 0.15) is 0 Å². The van der Waals surface area contributed by atoms with E-state index >= 15 is 0 Å². The van der Waals surface area contributed by atoms with Crippen molar-refractivity contribution in [1.82, 2.24) is 15.5 Å². The van der Waals surface area contributed by atoms with Gasteiger partial charge in [-0.3, -0.25) is 0 Å². The summed E-state index contributed by atoms with van der Waals surface area (Å²) in [6, 6.07) is 1.30. The van der Waals surface area contributed by atoms with Crippen molar-refractivity contribution in [1.29, 1.82) is 0 Å². The zero-order valence-corrected chi connectivity index (χ0v) is 13.4. The smallest absolute Gasteiger partial charge is 0.318 e. The summed E-state index contributed by atoms with van der Waals surface area (Å²) in [6.07, 6.45) is 3.65. The number of rotatable bonds is 7. The fourth-order valence-corrected chi connectivity index (χ4v) is 1.99. The van der Waals surface area contributed by atoms with Gasteiger partial charge in [-0.05, 0) is 46.0 Å². The fourth-order valence-electron chi connectivity index (χ4n) is 1.99. The fraction of sp³-hybridized carbons (Fsp3) is 0.867. The summed E-state index contributed by atoms with van der Waals surface area (Å²) in [5.41, 5.74) is 0.0580. The third-order valence-corrected chi connectivity index (χ3v) is 3.41. The van der Waals surface area contributed by atoms with E-state index in [4.69, 9.17) is 4.42 Å². The van der Waals surface area contributed by atoms with Crippen LogP contribution in [0.3, 0.4) is 0 Å². The maximum Gasteiger partial charge on any atom is 0.318 e. The molecule has 1 fully saturated rings. The first-order valence-electron chi connectivity index (χ1n) is 7.69. The molecule has 0 aromatic carbocycles. The van der Waals surface area contributed by atoms with Gasteiger partial charge in [-0.2, -0.15) is 0 Å². The third-order valence-electron chi connectivity index (χ3n) is 3.41. The lowest BCUT2D eigenvalue weighted by Crippen LogP contribution is -2.35. The lowest BCUT2D eigenvalue weighted by molar-refractivity contribution is 0.379. The second kappa shape index (κ2) is 6.12. The van der Waals surface area contributed by atoms with E-state index in [-0.39, 0.29) is 5.54 Å². The van der Waals surface area contributed by atoms with Crippen LogP contribution in [0.15, 0.2) is 4.42 Å². The molecular formula is C15H28N4O. The Bertz CT molecular complexity index is 418. The molecule has 1 aromatic heterocycles. The summed E-state index contributed by atoms with van der Waals surface area (Å²) in [4.78, 5) is 2.29. The summed E-state index contributed by atoms with van der Waals surface area (Å²) >= 11 is 0. The molecule has 1 N–H and O–H groups in total. The normalized spacial score (nSPS) is 15.9. The molecule has 0 radical (unpaired) electrons. The number of nitrogens with one attached hydrogen (secondary N) is 1. The summed E-state index contributed by atoms with van der Waals surface area (Å²) in [6.45, 7) is 12.5. The molecule has 0 atom stereocenters. The Morgan fingerprint density at radius 1 is 1.30 bits per heavy atom. The van der Waals surface area contributed by atoms with Gasteiger partial charge in [-0.15, -0.1) is 5.10 Å². The molecule has 114 valence electrons. The van der Waals surface area contributed by atoms with E-state index < -0.39 is 0 Å². The minimum Gasteiger partial charge on any atom is -0.407 e. The molecule has 0 bridgehead atoms. The molecule has 0 amide bonds. The van der Waals surface area contributed by atoms with Gasteiger partial charge < -0.3 is 14.6 Å². The highest BCUT2D eigenvalue weighted by Crippen LogP contribution is 2.31. The maximum absolute atomic E-state index is 5.82. The minimum absolute atomic E-state index is 0.0580. The summed E-state index contributed by atoms with van der Waals surface area (Å²) in [7, 11) is 0. The molecule has 0 aliphatic heterocycles. The number of aromatic nitrogens is 2. The minimum atomic E-state index is 0.0580. The van der Waals surface area contributed by atoms with Crippen molar-refractivity contribution in [2.45, 2.75) is 72.0 Å². The van der Waals surface area contributed by atoms with Crippen molar-refractivity contribution < 1.29 is 4.42 Å². The predicted molar refractivity (Wildman–Crippen MR) is 80.7 cm³/mol. The average molecular weight is 280 g/mol. The zero-order chi connectivity index (χ0) is 14.8. The van der Waals surface area contributed by atoms with Crippen LogP contribution in [0.2, 0.25) is 0 Å². The Morgan fingerprint density at radius 2 is 2.00 bits per heavy atom. The summed E-state index contributed by atoms with van der Waals surface area (Å²) in [5.74, 6) is 1.37. The molecule has 2 rings (SSSR count). The summed E-state index contributed by atoms with van der Waals surface area (Å²) < 4.78 is 5.82. The number of nitrogens with zero attached hydrogens (tertiary/aromatic N) is 3. The second-order valence-electron chi connectivity index (χ2n) is 7.19. The molecule has 5 nitrogen and oxygen atoms in total. The average Bonchev–Trinajstić information content (AvgIpc) is 3.04. The van der Waals surface area contributed by atoms with E-state index in [1.54, 1.807) is 0 Å². The van der Waals surface area contributed by atoms with Crippen LogP contribution in [0.25, 0.3) is 0 Å². The van der Waals surface area contributed by atoms with Gasteiger partial charge in [0.15, 0.2) is 0 Å². The van der Waals surface area contributed by atoms with E-state index in [1.165, 1.54) is 12.8 Å². The van der Waals surface area contributed by atoms with Crippen LogP contribution in [0.5, 0.6) is 0 Å². The van der Waals surface area contributed by atoms with Crippen molar-refractivity contribution in [2.75, 3.05) is 11.4 Å². The first kappa shape index (κ1) is 15.3. The summed E-state index contributed by atoms with van der Waals surface area (Å²) in [5, 5.41) is 11.8. The predicted octanol–water partition coefficient (Wildman–Crippen LogP) is 2.97. The van der Waals surface area contributed by atoms with Crippen LogP contribution in [0.1, 0.15) is 59.8 Å². The Kier molecular flexibility index (Phi) is 4.68. The first-order valence-corrected chi connectivity index (χ1v) is 7.69. The van der Waals surface area contributed by atoms with Crippen LogP contribution in [-0.4, -0.2) is 28.3 Å². The van der Waals surface area contributed by atoms with Gasteiger partial charge >= 0.3 is 6.01 Å². The molecule has 20 heavy (non-hydrogen) atoms. The Labute approximate surface area is 122 Å². The Balaban J connectivity index is 1.94. The molecule has 5 heteroatoms. The van der Waals surface area contributed by atoms with Crippen molar-refractivity contribution in [3.8, 4) is 0 Å². The number of hydrogen-bond donors (Lipinski definition) is 1. The van der Waals surface area contributed by atoms with Gasteiger partial charge in [0.2, 0.25) is 5.89 Å². The van der Waals surface area contributed by atoms with Crippen LogP contribution in [0.4, 0.5) is 6.01 Å². The van der Waals surface area contributed by atoms with Crippen molar-refractivity contribution >= 4 is 6.01 Å². The van der Waals surface area contributed by atoms with E-state index in [0.717, 1.165) is 13.0 Å². The SMILES string of the molecule is CC(C)CCN(c1nnc(CNC(C)(C)C)o1)C1CC1. The second-order valence-corrected chi connectivity index (χ2v) is 7.19. The molecule has 1 aromatic rings. The maximum atomic E-state index is 5.82. The van der Waals surface area contributed by atoms with Crippen molar-refractivity contribution in [3.05, 3.63) is 5.89 Å². The molecule has 1 saturated carbocycles. The highest BCUT2D eigenvalue weighted by molar-refractivity contribution is 5.29. The van der Waals surface area contributed by atoms with Crippen molar-refractivity contribution in [2.24, 2.45) is 5.92 Å². The standard InChI is InChI=1S/C15H28N4O/c1-11(2)8-9-19(12-6-7-12)14-18-17-13(20-14)10-16-15(3,4)5/h11-12,16H,6-10H2,1-5H3. The molecule has 1 heterocycles. The van der Waals surface area contributed by atoms with E-state index in [9.17, 15) is 0 Å². The molecule has 1 aliphatic rings. The van der Waals surface area contributed by atoms with E-state index in [0.29, 0.717) is 30.4 Å². The van der Waals surface area contributed by atoms with Crippen LogP contribution in [-0.2, 0) is 6.54 Å². The first-order chi connectivity index (χ1) is 9.35.